The number of carbonyl (C=O) groups is 1. The van der Waals surface area contributed by atoms with Crippen LogP contribution in [0.4, 0.5) is 5.69 Å². The number of para-hydroxylation sites is 3. The van der Waals surface area contributed by atoms with Crippen molar-refractivity contribution in [3.05, 3.63) is 161 Å². The molecule has 0 atom stereocenters. The summed E-state index contributed by atoms with van der Waals surface area (Å²) >= 11 is 0. The fraction of sp³-hybridized carbons (Fsp3) is 0. The number of nitro groups is 1. The Morgan fingerprint density at radius 3 is 1.37 bits per heavy atom. The number of nitrogens with zero attached hydrogens (tertiary/aromatic N) is 1. The molecule has 0 heterocycles. The van der Waals surface area contributed by atoms with Gasteiger partial charge in [-0.3, -0.25) is 10.1 Å². The molecular weight excluding hydrogens is 578 g/mol. The molecule has 1 N–H and O–H groups in total. The van der Waals surface area contributed by atoms with Crippen LogP contribution in [-0.2, 0) is 0 Å². The Kier molecular flexibility index (Phi) is 7.32. The first kappa shape index (κ1) is 28.3. The molecule has 0 radical (unpaired) electrons. The van der Waals surface area contributed by atoms with Gasteiger partial charge in [-0.05, 0) is 86.3 Å². The van der Waals surface area contributed by atoms with Crippen LogP contribution < -0.4 is 9.47 Å². The van der Waals surface area contributed by atoms with Gasteiger partial charge >= 0.3 is 11.7 Å². The molecule has 7 aromatic carbocycles. The van der Waals surface area contributed by atoms with Crippen molar-refractivity contribution in [1.29, 1.82) is 0 Å². The summed E-state index contributed by atoms with van der Waals surface area (Å²) in [5.41, 5.74) is 4.12. The van der Waals surface area contributed by atoms with Gasteiger partial charge in [-0.2, -0.15) is 0 Å². The van der Waals surface area contributed by atoms with E-state index in [1.807, 2.05) is 72.8 Å². The second kappa shape index (κ2) is 11.9. The Labute approximate surface area is 263 Å². The first-order chi connectivity index (χ1) is 22.5. The molecule has 0 bridgehead atoms. The quantitative estimate of drug-likeness (QED) is 0.105. The number of benzene rings is 7. The van der Waals surface area contributed by atoms with Gasteiger partial charge in [0.15, 0.2) is 0 Å². The monoisotopic (exact) mass is 603 g/mol. The topological polar surface area (TPSA) is 98.9 Å². The average molecular weight is 604 g/mol. The van der Waals surface area contributed by atoms with Crippen molar-refractivity contribution in [2.45, 2.75) is 0 Å². The fourth-order valence-corrected chi connectivity index (χ4v) is 5.81. The van der Waals surface area contributed by atoms with Gasteiger partial charge in [0.25, 0.3) is 0 Å². The maximum absolute atomic E-state index is 11.6. The van der Waals surface area contributed by atoms with E-state index in [0.717, 1.165) is 43.8 Å². The highest BCUT2D eigenvalue weighted by atomic mass is 16.6. The maximum atomic E-state index is 11.6. The molecule has 0 aliphatic carbocycles. The zero-order valence-electron chi connectivity index (χ0n) is 24.3. The molecule has 0 aromatic heterocycles. The van der Waals surface area contributed by atoms with Crippen LogP contribution in [0.3, 0.4) is 0 Å². The number of fused-ring (bicyclic) bond motifs is 2. The maximum Gasteiger partial charge on any atom is 0.339 e. The van der Waals surface area contributed by atoms with E-state index in [4.69, 9.17) is 9.47 Å². The third kappa shape index (κ3) is 5.27. The SMILES string of the molecule is O=C(O)c1ccccc1Oc1ccc(-c2c3ccccc3c(-c3ccc(Oc4ccccc4[N+](=O)[O-])cc3)c3ccccc23)cc1. The van der Waals surface area contributed by atoms with Crippen molar-refractivity contribution in [3.8, 4) is 45.3 Å². The van der Waals surface area contributed by atoms with E-state index >= 15 is 0 Å². The van der Waals surface area contributed by atoms with E-state index in [2.05, 4.69) is 24.3 Å². The van der Waals surface area contributed by atoms with Crippen molar-refractivity contribution >= 4 is 33.2 Å². The van der Waals surface area contributed by atoms with Gasteiger partial charge in [-0.1, -0.05) is 97.1 Å². The highest BCUT2D eigenvalue weighted by Gasteiger charge is 2.18. The summed E-state index contributed by atoms with van der Waals surface area (Å²) in [6.07, 6.45) is 0. The van der Waals surface area contributed by atoms with E-state index in [1.165, 1.54) is 12.1 Å². The second-order valence-corrected chi connectivity index (χ2v) is 10.6. The third-order valence-corrected chi connectivity index (χ3v) is 7.85. The van der Waals surface area contributed by atoms with Gasteiger partial charge in [0.1, 0.15) is 22.8 Å². The van der Waals surface area contributed by atoms with Crippen LogP contribution in [0.2, 0.25) is 0 Å². The standard InChI is InChI=1S/C39H25NO6/c41-39(42)33-13-5-7-15-35(33)45-27-21-17-25(18-22-27)37-29-9-1-3-11-31(29)38(32-12-4-2-10-30(32)37)26-19-23-28(24-20-26)46-36-16-8-6-14-34(36)40(43)44/h1-24H,(H,41,42). The molecule has 7 heteroatoms. The van der Waals surface area contributed by atoms with Crippen molar-refractivity contribution in [1.82, 2.24) is 0 Å². The number of carboxylic acids is 1. The van der Waals surface area contributed by atoms with Gasteiger partial charge in [-0.25, -0.2) is 4.79 Å². The lowest BCUT2D eigenvalue weighted by Gasteiger charge is -2.18. The zero-order valence-corrected chi connectivity index (χ0v) is 24.3. The largest absolute Gasteiger partial charge is 0.478 e. The van der Waals surface area contributed by atoms with Gasteiger partial charge in [-0.15, -0.1) is 0 Å². The van der Waals surface area contributed by atoms with Gasteiger partial charge in [0, 0.05) is 6.07 Å². The molecular formula is C39H25NO6. The summed E-state index contributed by atoms with van der Waals surface area (Å²) in [4.78, 5) is 22.6. The summed E-state index contributed by atoms with van der Waals surface area (Å²) in [5, 5.41) is 25.3. The minimum atomic E-state index is -1.05. The van der Waals surface area contributed by atoms with Crippen LogP contribution in [0, 0.1) is 10.1 Å². The Morgan fingerprint density at radius 2 is 0.913 bits per heavy atom. The first-order valence-corrected chi connectivity index (χ1v) is 14.5. The molecule has 7 rings (SSSR count). The number of carboxylic acid groups (broad SMARTS) is 1. The molecule has 7 nitrogen and oxygen atoms in total. The van der Waals surface area contributed by atoms with Crippen LogP contribution in [0.1, 0.15) is 10.4 Å². The fourth-order valence-electron chi connectivity index (χ4n) is 5.81. The lowest BCUT2D eigenvalue weighted by Crippen LogP contribution is -1.99. The second-order valence-electron chi connectivity index (χ2n) is 10.6. The number of nitro benzene ring substituents is 1. The van der Waals surface area contributed by atoms with E-state index in [1.54, 1.807) is 36.4 Å². The van der Waals surface area contributed by atoms with E-state index in [-0.39, 0.29) is 22.7 Å². The summed E-state index contributed by atoms with van der Waals surface area (Å²) in [6.45, 7) is 0. The number of hydrogen-bond donors (Lipinski definition) is 1. The Bertz CT molecular complexity index is 2040. The number of rotatable bonds is 8. The average Bonchev–Trinajstić information content (AvgIpc) is 3.08. The molecule has 0 fully saturated rings. The Morgan fingerprint density at radius 1 is 0.522 bits per heavy atom. The van der Waals surface area contributed by atoms with Crippen molar-refractivity contribution in [2.24, 2.45) is 0 Å². The van der Waals surface area contributed by atoms with Crippen molar-refractivity contribution in [3.63, 3.8) is 0 Å². The summed E-state index contributed by atoms with van der Waals surface area (Å²) in [5.74, 6) is 0.444. The molecule has 222 valence electrons. The highest BCUT2D eigenvalue weighted by molar-refractivity contribution is 6.21. The number of aromatic carboxylic acids is 1. The van der Waals surface area contributed by atoms with Crippen LogP contribution in [0.5, 0.6) is 23.0 Å². The van der Waals surface area contributed by atoms with Crippen LogP contribution in [0.15, 0.2) is 146 Å². The molecule has 0 spiro atoms. The molecule has 7 aromatic rings. The van der Waals surface area contributed by atoms with Gasteiger partial charge < -0.3 is 14.6 Å². The first-order valence-electron chi connectivity index (χ1n) is 14.5. The van der Waals surface area contributed by atoms with E-state index < -0.39 is 10.9 Å². The predicted octanol–water partition coefficient (Wildman–Crippen LogP) is 10.5. The zero-order chi connectivity index (χ0) is 31.6. The Balaban J connectivity index is 1.29. The molecule has 46 heavy (non-hydrogen) atoms. The number of hydrogen-bond acceptors (Lipinski definition) is 5. The molecule has 0 aliphatic rings. The lowest BCUT2D eigenvalue weighted by molar-refractivity contribution is -0.385. The van der Waals surface area contributed by atoms with Crippen LogP contribution >= 0.6 is 0 Å². The minimum Gasteiger partial charge on any atom is -0.478 e. The van der Waals surface area contributed by atoms with Crippen molar-refractivity contribution < 1.29 is 24.3 Å². The van der Waals surface area contributed by atoms with Crippen LogP contribution in [-0.4, -0.2) is 16.0 Å². The van der Waals surface area contributed by atoms with Crippen molar-refractivity contribution in [2.75, 3.05) is 0 Å². The normalized spacial score (nSPS) is 11.0. The molecule has 0 amide bonds. The number of ether oxygens (including phenoxy) is 2. The van der Waals surface area contributed by atoms with E-state index in [0.29, 0.717) is 11.5 Å². The van der Waals surface area contributed by atoms with Crippen LogP contribution in [0.25, 0.3) is 43.8 Å². The Hall–Kier alpha value is -6.47. The van der Waals surface area contributed by atoms with E-state index in [9.17, 15) is 20.0 Å². The third-order valence-electron chi connectivity index (χ3n) is 7.85. The molecule has 0 unspecified atom stereocenters. The highest BCUT2D eigenvalue weighted by Crippen LogP contribution is 2.44. The summed E-state index contributed by atoms with van der Waals surface area (Å²) in [6, 6.07) is 44.7. The molecule has 0 saturated carbocycles. The summed E-state index contributed by atoms with van der Waals surface area (Å²) in [7, 11) is 0. The molecule has 0 aliphatic heterocycles. The lowest BCUT2D eigenvalue weighted by atomic mass is 9.86. The van der Waals surface area contributed by atoms with Gasteiger partial charge in [0.2, 0.25) is 5.75 Å². The molecule has 0 saturated heterocycles. The minimum absolute atomic E-state index is 0.0937. The summed E-state index contributed by atoms with van der Waals surface area (Å²) < 4.78 is 11.9. The smallest absolute Gasteiger partial charge is 0.339 e. The van der Waals surface area contributed by atoms with Gasteiger partial charge in [0.05, 0.1) is 4.92 Å². The predicted molar refractivity (Wildman–Crippen MR) is 179 cm³/mol.